The Hall–Kier alpha value is -12.3. The molecule has 492 valence electrons. The van der Waals surface area contributed by atoms with Crippen molar-refractivity contribution in [2.24, 2.45) is 0 Å². The lowest BCUT2D eigenvalue weighted by molar-refractivity contribution is 0.453. The molecule has 0 atom stereocenters. The number of nitrogens with zero attached hydrogens (tertiary/aromatic N) is 7. The average molecular weight is 1390 g/mol. The molecule has 0 saturated carbocycles. The quantitative estimate of drug-likeness (QED) is 0.0751. The van der Waals surface area contributed by atoms with Crippen molar-refractivity contribution >= 4 is 83.4 Å². The van der Waals surface area contributed by atoms with Gasteiger partial charge in [0, 0.05) is 71.3 Å². The van der Waals surface area contributed by atoms with Crippen LogP contribution in [0, 0.1) is 0 Å². The standard InChI is InChI=1S/C92H71N7OSi3/c1-101(2,89-86(68-45-21-9-22-46-68)94-82(64-37-13-5-14-38-64)84(96-89)66-41-17-7-18-42-66)92(102(3,4)90-87(69-47-23-10-24-48-69)95-83(65-39-15-6-16-40-65)85(97-90)67-43-19-8-20-44-67)74-55-29-34-61-80(74)100-88-75(92)56-36-62-81(88)103(71-50-25-11-26-51-71,72-52-27-12-28-53-72)73-54-35-49-70(63-73)98-78-59-32-33-60-79(78)99-77-58-31-30-57-76(77)93-91(98)99/h5-63H,1-4H3/i1D3,2D3,3D3,4D3. The third-order valence-electron chi connectivity index (χ3n) is 20.3. The average Bonchev–Trinajstić information content (AvgIpc) is 1.04. The Bertz CT molecular complexity index is 6250. The zero-order valence-corrected chi connectivity index (χ0v) is 58.6. The summed E-state index contributed by atoms with van der Waals surface area (Å²) in [4.78, 5) is 28.3. The highest BCUT2D eigenvalue weighted by Gasteiger charge is 2.67. The second kappa shape index (κ2) is 25.4. The van der Waals surface area contributed by atoms with E-state index in [-0.39, 0.29) is 67.9 Å². The highest BCUT2D eigenvalue weighted by Crippen LogP contribution is 2.58. The molecule has 0 saturated heterocycles. The molecule has 0 amide bonds. The molecule has 0 fully saturated rings. The first-order valence-corrected chi connectivity index (χ1v) is 40.3. The van der Waals surface area contributed by atoms with Gasteiger partial charge in [0.2, 0.25) is 5.78 Å². The summed E-state index contributed by atoms with van der Waals surface area (Å²) in [6.45, 7) is -16.0. The summed E-state index contributed by atoms with van der Waals surface area (Å²) in [5, 5.41) is 1.46. The molecule has 0 radical (unpaired) electrons. The molecule has 1 aliphatic heterocycles. The Labute approximate surface area is 619 Å². The minimum absolute atomic E-state index is 0.0466. The first kappa shape index (κ1) is 51.0. The van der Waals surface area contributed by atoms with Crippen LogP contribution in [-0.4, -0.2) is 58.1 Å². The van der Waals surface area contributed by atoms with E-state index in [0.717, 1.165) is 37.6 Å². The molecule has 103 heavy (non-hydrogen) atoms. The van der Waals surface area contributed by atoms with Crippen molar-refractivity contribution in [2.75, 3.05) is 0 Å². The topological polar surface area (TPSA) is 83.0 Å². The van der Waals surface area contributed by atoms with Crippen LogP contribution in [0.5, 0.6) is 11.5 Å². The summed E-state index contributed by atoms with van der Waals surface area (Å²) >= 11 is 0. The third-order valence-corrected chi connectivity index (χ3v) is 32.8. The molecule has 13 aromatic carbocycles. The minimum atomic E-state index is -7.09. The number of rotatable bonds is 15. The molecule has 8 nitrogen and oxygen atoms in total. The number of para-hydroxylation sites is 6. The van der Waals surface area contributed by atoms with Gasteiger partial charge in [-0.2, -0.15) is 0 Å². The SMILES string of the molecule is [2H]C([2H])([2H])[Si](c1nc(-c2ccccc2)c(-c2ccccc2)nc1-c1ccccc1)(C([2H])([2H])[2H])C1([Si](c2nc(-c3ccccc3)c(-c3ccccc3)nc2-c2ccccc2)(C([2H])([2H])[2H])C([2H])([2H])[2H])c2ccccc2Oc2c1cccc2[Si](c1ccccc1)(c1ccccc1)c1cccc(-n2c3ccccc3n3c4ccccc4nc23)c1. The van der Waals surface area contributed by atoms with Crippen LogP contribution >= 0.6 is 0 Å². The maximum Gasteiger partial charge on any atom is 0.220 e. The summed E-state index contributed by atoms with van der Waals surface area (Å²) in [5.74, 6) is 0.293. The number of ether oxygens (including phenoxy) is 1. The Kier molecular flexibility index (Phi) is 12.6. The molecule has 1 aliphatic rings. The van der Waals surface area contributed by atoms with Crippen LogP contribution in [0.2, 0.25) is 25.9 Å². The number of fused-ring (bicyclic) bond motifs is 7. The van der Waals surface area contributed by atoms with Crippen LogP contribution in [0.4, 0.5) is 0 Å². The number of imidazole rings is 2. The maximum absolute atomic E-state index is 11.4. The Morgan fingerprint density at radius 1 is 0.320 bits per heavy atom. The lowest BCUT2D eigenvalue weighted by Crippen LogP contribution is -2.78. The van der Waals surface area contributed by atoms with Gasteiger partial charge in [-0.05, 0) is 63.2 Å². The zero-order valence-electron chi connectivity index (χ0n) is 67.6. The third kappa shape index (κ3) is 10.0. The van der Waals surface area contributed by atoms with Crippen LogP contribution in [0.3, 0.4) is 0 Å². The van der Waals surface area contributed by atoms with Crippen molar-refractivity contribution in [2.45, 2.75) is 30.6 Å². The molecule has 0 spiro atoms. The van der Waals surface area contributed by atoms with Gasteiger partial charge < -0.3 is 4.74 Å². The van der Waals surface area contributed by atoms with E-state index in [2.05, 4.69) is 33.2 Å². The lowest BCUT2D eigenvalue weighted by atomic mass is 9.98. The Morgan fingerprint density at radius 2 is 0.699 bits per heavy atom. The molecule has 0 unspecified atom stereocenters. The smallest absolute Gasteiger partial charge is 0.220 e. The first-order valence-electron chi connectivity index (χ1n) is 40.3. The largest absolute Gasteiger partial charge is 0.457 e. The van der Waals surface area contributed by atoms with Crippen LogP contribution < -0.4 is 36.1 Å². The summed E-state index contributed by atoms with van der Waals surface area (Å²) in [6, 6.07) is 109. The number of benzene rings is 13. The van der Waals surface area contributed by atoms with Gasteiger partial charge in [0.05, 0.1) is 66.9 Å². The van der Waals surface area contributed by atoms with Gasteiger partial charge in [-0.3, -0.25) is 18.9 Å². The molecule has 11 heteroatoms. The first-order chi connectivity index (χ1) is 55.6. The molecule has 4 aromatic heterocycles. The number of hydrogen-bond donors (Lipinski definition) is 0. The molecule has 18 rings (SSSR count). The molecular formula is C92H71N7OSi3. The van der Waals surface area contributed by atoms with Crippen LogP contribution in [0.15, 0.2) is 358 Å². The number of aromatic nitrogens is 7. The molecule has 0 N–H and O–H groups in total. The van der Waals surface area contributed by atoms with Crippen LogP contribution in [-0.2, 0) is 4.66 Å². The van der Waals surface area contributed by atoms with E-state index in [0.29, 0.717) is 38.9 Å². The van der Waals surface area contributed by atoms with Crippen LogP contribution in [0.25, 0.3) is 101 Å². The fraction of sp³-hybridized carbons (Fsp3) is 0.0543. The van der Waals surface area contributed by atoms with Crippen LogP contribution in [0.1, 0.15) is 27.6 Å². The monoisotopic (exact) mass is 1390 g/mol. The van der Waals surface area contributed by atoms with Gasteiger partial charge in [0.25, 0.3) is 0 Å². The fourth-order valence-corrected chi connectivity index (χ4v) is 28.5. The van der Waals surface area contributed by atoms with E-state index >= 15 is 0 Å². The second-order valence-electron chi connectivity index (χ2n) is 26.1. The van der Waals surface area contributed by atoms with Gasteiger partial charge in [-0.25, -0.2) is 15.0 Å². The summed E-state index contributed by atoms with van der Waals surface area (Å²) in [5.41, 5.74) is 5.89. The van der Waals surface area contributed by atoms with Crippen molar-refractivity contribution in [1.29, 1.82) is 0 Å². The van der Waals surface area contributed by atoms with Gasteiger partial charge >= 0.3 is 0 Å². The Morgan fingerprint density at radius 3 is 1.18 bits per heavy atom. The molecule has 17 aromatic rings. The normalized spacial score (nSPS) is 15.0. The van der Waals surface area contributed by atoms with E-state index in [1.54, 1.807) is 140 Å². The lowest BCUT2D eigenvalue weighted by Gasteiger charge is -2.57. The Balaban J connectivity index is 1.11. The zero-order chi connectivity index (χ0) is 79.3. The molecular weight excluding hydrogens is 1300 g/mol. The second-order valence-corrected chi connectivity index (χ2v) is 35.8. The van der Waals surface area contributed by atoms with Gasteiger partial charge in [-0.1, -0.05) is 341 Å². The molecule has 5 heterocycles. The fourth-order valence-electron chi connectivity index (χ4n) is 15.8. The van der Waals surface area contributed by atoms with E-state index in [4.69, 9.17) is 29.7 Å². The summed E-state index contributed by atoms with van der Waals surface area (Å²) in [7, 11) is -18.6. The highest BCUT2D eigenvalue weighted by molar-refractivity contribution is 7.20. The van der Waals surface area contributed by atoms with Crippen molar-refractivity contribution in [3.05, 3.63) is 369 Å². The van der Waals surface area contributed by atoms with Crippen molar-refractivity contribution in [1.82, 2.24) is 33.9 Å². The van der Waals surface area contributed by atoms with E-state index in [1.165, 1.54) is 6.07 Å². The van der Waals surface area contributed by atoms with Gasteiger partial charge in [0.1, 0.15) is 27.6 Å². The maximum atomic E-state index is 11.4. The van der Waals surface area contributed by atoms with Crippen molar-refractivity contribution in [3.63, 3.8) is 0 Å². The van der Waals surface area contributed by atoms with Crippen molar-refractivity contribution in [3.8, 4) is 84.7 Å². The summed E-state index contributed by atoms with van der Waals surface area (Å²) in [6.07, 6.45) is 0. The van der Waals surface area contributed by atoms with Gasteiger partial charge in [-0.15, -0.1) is 0 Å². The number of hydrogen-bond acceptors (Lipinski definition) is 6. The van der Waals surface area contributed by atoms with E-state index < -0.39 is 65.4 Å². The molecule has 0 aliphatic carbocycles. The van der Waals surface area contributed by atoms with Crippen molar-refractivity contribution < 1.29 is 21.2 Å². The van der Waals surface area contributed by atoms with Gasteiger partial charge in [0.15, 0.2) is 8.07 Å². The minimum Gasteiger partial charge on any atom is -0.457 e. The highest BCUT2D eigenvalue weighted by atomic mass is 28.4. The van der Waals surface area contributed by atoms with E-state index in [9.17, 15) is 16.4 Å². The predicted octanol–water partition coefficient (Wildman–Crippen LogP) is 18.1. The van der Waals surface area contributed by atoms with E-state index in [1.807, 2.05) is 188 Å². The predicted molar refractivity (Wildman–Crippen MR) is 431 cm³/mol. The molecule has 0 bridgehead atoms. The summed E-state index contributed by atoms with van der Waals surface area (Å²) < 4.78 is 145.